The van der Waals surface area contributed by atoms with Gasteiger partial charge in [-0.3, -0.25) is 9.59 Å². The van der Waals surface area contributed by atoms with Crippen molar-refractivity contribution in [2.75, 3.05) is 0 Å². The average molecular weight is 278 g/mol. The third-order valence-corrected chi connectivity index (χ3v) is 2.79. The van der Waals surface area contributed by atoms with Gasteiger partial charge in [-0.1, -0.05) is 17.4 Å². The largest absolute Gasteiger partial charge is 0.423 e. The maximum absolute atomic E-state index is 11.2. The van der Waals surface area contributed by atoms with Crippen LogP contribution in [-0.2, 0) is 9.59 Å². The zero-order valence-electron chi connectivity index (χ0n) is 10.2. The molecule has 1 aromatic carbocycles. The number of hydrogen-bond donors (Lipinski definition) is 0. The lowest BCUT2D eigenvalue weighted by Crippen LogP contribution is -2.08. The highest BCUT2D eigenvalue weighted by molar-refractivity contribution is 7.12. The molecule has 1 aromatic heterocycles. The van der Waals surface area contributed by atoms with Gasteiger partial charge in [-0.05, 0) is 12.1 Å². The van der Waals surface area contributed by atoms with E-state index in [9.17, 15) is 9.59 Å². The van der Waals surface area contributed by atoms with E-state index >= 15 is 0 Å². The van der Waals surface area contributed by atoms with Crippen molar-refractivity contribution in [2.45, 2.75) is 13.8 Å². The van der Waals surface area contributed by atoms with Crippen molar-refractivity contribution in [3.8, 4) is 22.1 Å². The Hall–Kier alpha value is -2.28. The van der Waals surface area contributed by atoms with Crippen molar-refractivity contribution in [1.29, 1.82) is 0 Å². The van der Waals surface area contributed by atoms with Gasteiger partial charge < -0.3 is 9.47 Å². The van der Waals surface area contributed by atoms with Crippen LogP contribution in [0.1, 0.15) is 13.8 Å². The van der Waals surface area contributed by atoms with Crippen LogP contribution in [0.5, 0.6) is 11.5 Å². The van der Waals surface area contributed by atoms with E-state index in [2.05, 4.69) is 10.2 Å². The van der Waals surface area contributed by atoms with Crippen molar-refractivity contribution in [3.63, 3.8) is 0 Å². The molecule has 2 rings (SSSR count). The third-order valence-electron chi connectivity index (χ3n) is 2.07. The molecule has 0 saturated carbocycles. The first kappa shape index (κ1) is 13.2. The van der Waals surface area contributed by atoms with Gasteiger partial charge in [-0.2, -0.15) is 0 Å². The van der Waals surface area contributed by atoms with Crippen LogP contribution in [0.3, 0.4) is 0 Å². The zero-order valence-corrected chi connectivity index (χ0v) is 11.1. The van der Waals surface area contributed by atoms with Crippen LogP contribution < -0.4 is 9.47 Å². The van der Waals surface area contributed by atoms with E-state index in [0.29, 0.717) is 10.6 Å². The first-order valence-corrected chi connectivity index (χ1v) is 6.22. The summed E-state index contributed by atoms with van der Waals surface area (Å²) in [6.07, 6.45) is 0. The van der Waals surface area contributed by atoms with E-state index in [1.165, 1.54) is 25.2 Å². The molecule has 0 aliphatic carbocycles. The van der Waals surface area contributed by atoms with Gasteiger partial charge in [0, 0.05) is 13.8 Å². The van der Waals surface area contributed by atoms with Crippen LogP contribution in [0.25, 0.3) is 10.6 Å². The molecule has 2 aromatic rings. The minimum atomic E-state index is -0.509. The predicted octanol–water partition coefficient (Wildman–Crippen LogP) is 2.06. The highest BCUT2D eigenvalue weighted by Crippen LogP contribution is 2.38. The summed E-state index contributed by atoms with van der Waals surface area (Å²) in [5, 5.41) is 8.22. The summed E-state index contributed by atoms with van der Waals surface area (Å²) in [6, 6.07) is 4.94. The standard InChI is InChI=1S/C12H10N2O4S/c1-7(15)17-10-5-3-4-9(11(10)18-8(2)16)12-14-13-6-19-12/h3-6H,1-2H3. The molecule has 7 heteroatoms. The first-order valence-electron chi connectivity index (χ1n) is 5.34. The Bertz CT molecular complexity index is 610. The number of benzene rings is 1. The van der Waals surface area contributed by atoms with Gasteiger partial charge in [-0.15, -0.1) is 10.2 Å². The van der Waals surface area contributed by atoms with Crippen LogP contribution in [0.4, 0.5) is 0 Å². The Labute approximate surface area is 113 Å². The summed E-state index contributed by atoms with van der Waals surface area (Å²) in [5.74, 6) is -0.662. The molecule has 0 unspecified atom stereocenters. The minimum absolute atomic E-state index is 0.168. The number of rotatable bonds is 3. The molecule has 98 valence electrons. The number of carbonyl (C=O) groups excluding carboxylic acids is 2. The highest BCUT2D eigenvalue weighted by Gasteiger charge is 2.18. The number of aromatic nitrogens is 2. The summed E-state index contributed by atoms with van der Waals surface area (Å²) < 4.78 is 10.1. The molecule has 0 aliphatic rings. The van der Waals surface area contributed by atoms with E-state index in [1.54, 1.807) is 23.7 Å². The topological polar surface area (TPSA) is 78.4 Å². The smallest absolute Gasteiger partial charge is 0.308 e. The van der Waals surface area contributed by atoms with Gasteiger partial charge in [-0.25, -0.2) is 0 Å². The monoisotopic (exact) mass is 278 g/mol. The molecule has 0 atom stereocenters. The normalized spacial score (nSPS) is 10.0. The quantitative estimate of drug-likeness (QED) is 0.631. The van der Waals surface area contributed by atoms with Crippen LogP contribution in [-0.4, -0.2) is 22.1 Å². The van der Waals surface area contributed by atoms with Crippen molar-refractivity contribution in [2.24, 2.45) is 0 Å². The van der Waals surface area contributed by atoms with E-state index in [1.807, 2.05) is 0 Å². The predicted molar refractivity (Wildman–Crippen MR) is 68.0 cm³/mol. The lowest BCUT2D eigenvalue weighted by Gasteiger charge is -2.11. The number of hydrogen-bond acceptors (Lipinski definition) is 7. The van der Waals surface area contributed by atoms with Crippen LogP contribution in [0.2, 0.25) is 0 Å². The van der Waals surface area contributed by atoms with Crippen molar-refractivity contribution in [1.82, 2.24) is 10.2 Å². The van der Waals surface area contributed by atoms with E-state index in [0.717, 1.165) is 0 Å². The second-order valence-corrected chi connectivity index (χ2v) is 4.40. The molecule has 0 amide bonds. The molecule has 6 nitrogen and oxygen atoms in total. The van der Waals surface area contributed by atoms with Crippen molar-refractivity contribution < 1.29 is 19.1 Å². The van der Waals surface area contributed by atoms with Gasteiger partial charge in [0.1, 0.15) is 5.51 Å². The summed E-state index contributed by atoms with van der Waals surface area (Å²) >= 11 is 1.29. The van der Waals surface area contributed by atoms with Crippen molar-refractivity contribution >= 4 is 23.3 Å². The number of para-hydroxylation sites is 1. The highest BCUT2D eigenvalue weighted by atomic mass is 32.1. The molecule has 0 bridgehead atoms. The lowest BCUT2D eigenvalue weighted by atomic mass is 10.2. The molecular weight excluding hydrogens is 268 g/mol. The lowest BCUT2D eigenvalue weighted by molar-refractivity contribution is -0.134. The van der Waals surface area contributed by atoms with E-state index in [-0.39, 0.29) is 11.5 Å². The van der Waals surface area contributed by atoms with Gasteiger partial charge in [0.05, 0.1) is 5.56 Å². The average Bonchev–Trinajstić information content (AvgIpc) is 2.83. The summed E-state index contributed by atoms with van der Waals surface area (Å²) in [4.78, 5) is 22.2. The Morgan fingerprint density at radius 3 is 2.47 bits per heavy atom. The molecule has 19 heavy (non-hydrogen) atoms. The number of esters is 2. The summed E-state index contributed by atoms with van der Waals surface area (Å²) in [5.41, 5.74) is 2.11. The molecule has 0 N–H and O–H groups in total. The molecular formula is C12H10N2O4S. The van der Waals surface area contributed by atoms with Crippen LogP contribution in [0.15, 0.2) is 23.7 Å². The van der Waals surface area contributed by atoms with Gasteiger partial charge in [0.15, 0.2) is 16.5 Å². The van der Waals surface area contributed by atoms with E-state index in [4.69, 9.17) is 9.47 Å². The Kier molecular flexibility index (Phi) is 3.86. The number of nitrogens with zero attached hydrogens (tertiary/aromatic N) is 2. The van der Waals surface area contributed by atoms with Gasteiger partial charge >= 0.3 is 11.9 Å². The molecule has 0 spiro atoms. The Morgan fingerprint density at radius 2 is 1.89 bits per heavy atom. The Morgan fingerprint density at radius 1 is 1.16 bits per heavy atom. The Balaban J connectivity index is 2.53. The van der Waals surface area contributed by atoms with Gasteiger partial charge in [0.25, 0.3) is 0 Å². The first-order chi connectivity index (χ1) is 9.08. The SMILES string of the molecule is CC(=O)Oc1cccc(-c2nncs2)c1OC(C)=O. The second kappa shape index (κ2) is 5.57. The number of ether oxygens (including phenoxy) is 2. The zero-order chi connectivity index (χ0) is 13.8. The fraction of sp³-hybridized carbons (Fsp3) is 0.167. The van der Waals surface area contributed by atoms with Crippen LogP contribution in [0, 0.1) is 0 Å². The maximum atomic E-state index is 11.2. The van der Waals surface area contributed by atoms with Gasteiger partial charge in [0.2, 0.25) is 0 Å². The summed E-state index contributed by atoms with van der Waals surface area (Å²) in [7, 11) is 0. The maximum Gasteiger partial charge on any atom is 0.308 e. The second-order valence-electron chi connectivity index (χ2n) is 3.56. The number of carbonyl (C=O) groups is 2. The third kappa shape index (κ3) is 3.14. The molecule has 0 aliphatic heterocycles. The molecule has 0 saturated heterocycles. The fourth-order valence-corrected chi connectivity index (χ4v) is 2.04. The molecule has 0 radical (unpaired) electrons. The van der Waals surface area contributed by atoms with E-state index < -0.39 is 11.9 Å². The van der Waals surface area contributed by atoms with Crippen molar-refractivity contribution in [3.05, 3.63) is 23.7 Å². The molecule has 0 fully saturated rings. The fourth-order valence-electron chi connectivity index (χ4n) is 1.46. The summed E-state index contributed by atoms with van der Waals surface area (Å²) in [6.45, 7) is 2.55. The molecule has 1 heterocycles. The van der Waals surface area contributed by atoms with Crippen LogP contribution >= 0.6 is 11.3 Å². The minimum Gasteiger partial charge on any atom is -0.423 e.